The Morgan fingerprint density at radius 2 is 2.06 bits per heavy atom. The lowest BCUT2D eigenvalue weighted by atomic mass is 10.1. The summed E-state index contributed by atoms with van der Waals surface area (Å²) < 4.78 is 44.9. The minimum atomic E-state index is -4.50. The van der Waals surface area contributed by atoms with Crippen LogP contribution in [-0.2, 0) is 4.79 Å². The first-order valence-electron chi connectivity index (χ1n) is 9.93. The van der Waals surface area contributed by atoms with Crippen LogP contribution < -0.4 is 10.1 Å². The molecule has 2 aromatic heterocycles. The van der Waals surface area contributed by atoms with Crippen LogP contribution >= 0.6 is 0 Å². The fraction of sp³-hybridized carbons (Fsp3) is 0.381. The van der Waals surface area contributed by atoms with Crippen molar-refractivity contribution in [1.29, 1.82) is 0 Å². The first kappa shape index (κ1) is 21.0. The van der Waals surface area contributed by atoms with E-state index in [0.29, 0.717) is 43.1 Å². The zero-order valence-corrected chi connectivity index (χ0v) is 16.9. The molecule has 1 fully saturated rings. The van der Waals surface area contributed by atoms with Gasteiger partial charge in [-0.3, -0.25) is 4.79 Å². The van der Waals surface area contributed by atoms with Crippen LogP contribution in [0.15, 0.2) is 42.7 Å². The minimum absolute atomic E-state index is 0.300. The van der Waals surface area contributed by atoms with Crippen molar-refractivity contribution in [2.75, 3.05) is 25.5 Å². The molecule has 0 aliphatic carbocycles. The third-order valence-corrected chi connectivity index (χ3v) is 5.33. The molecular formula is C21H22F3N5O2. The molecule has 1 N–H and O–H groups in total. The van der Waals surface area contributed by atoms with Gasteiger partial charge in [0.15, 0.2) is 5.65 Å². The molecule has 0 bridgehead atoms. The molecule has 1 saturated heterocycles. The van der Waals surface area contributed by atoms with Crippen molar-refractivity contribution in [3.8, 4) is 16.9 Å². The third kappa shape index (κ3) is 4.57. The van der Waals surface area contributed by atoms with Gasteiger partial charge in [-0.25, -0.2) is 9.50 Å². The maximum absolute atomic E-state index is 12.6. The highest BCUT2D eigenvalue weighted by Gasteiger charge is 2.37. The quantitative estimate of drug-likeness (QED) is 0.641. The van der Waals surface area contributed by atoms with Crippen LogP contribution in [0.5, 0.6) is 5.75 Å². The number of anilines is 1. The Morgan fingerprint density at radius 3 is 2.84 bits per heavy atom. The van der Waals surface area contributed by atoms with Crippen LogP contribution in [0, 0.1) is 0 Å². The predicted octanol–water partition coefficient (Wildman–Crippen LogP) is 3.76. The number of carbonyl (C=O) groups excluding carboxylic acids is 1. The second-order valence-electron chi connectivity index (χ2n) is 7.40. The Morgan fingerprint density at radius 1 is 1.26 bits per heavy atom. The summed E-state index contributed by atoms with van der Waals surface area (Å²) in [5.74, 6) is 0.371. The summed E-state index contributed by atoms with van der Waals surface area (Å²) in [4.78, 5) is 18.0. The summed E-state index contributed by atoms with van der Waals surface area (Å²) in [6.45, 7) is 0.666. The van der Waals surface area contributed by atoms with E-state index < -0.39 is 18.5 Å². The van der Waals surface area contributed by atoms with Crippen LogP contribution in [0.25, 0.3) is 16.8 Å². The van der Waals surface area contributed by atoms with Crippen molar-refractivity contribution in [2.45, 2.75) is 31.5 Å². The van der Waals surface area contributed by atoms with Crippen LogP contribution in [0.2, 0.25) is 0 Å². The molecule has 31 heavy (non-hydrogen) atoms. The summed E-state index contributed by atoms with van der Waals surface area (Å²) in [6, 6.07) is 8.99. The van der Waals surface area contributed by atoms with Crippen molar-refractivity contribution in [1.82, 2.24) is 19.5 Å². The average Bonchev–Trinajstić information content (AvgIpc) is 3.37. The molecule has 7 nitrogen and oxygen atoms in total. The molecule has 0 saturated carbocycles. The molecule has 1 amide bonds. The fourth-order valence-electron chi connectivity index (χ4n) is 3.90. The Balaban J connectivity index is 1.51. The van der Waals surface area contributed by atoms with Gasteiger partial charge in [0.25, 0.3) is 0 Å². The topological polar surface area (TPSA) is 71.8 Å². The highest BCUT2D eigenvalue weighted by molar-refractivity contribution is 5.81. The van der Waals surface area contributed by atoms with Crippen LogP contribution in [-0.4, -0.2) is 57.8 Å². The van der Waals surface area contributed by atoms with Gasteiger partial charge in [-0.1, -0.05) is 18.2 Å². The van der Waals surface area contributed by atoms with Crippen LogP contribution in [0.3, 0.4) is 0 Å². The monoisotopic (exact) mass is 433 g/mol. The number of aromatic nitrogens is 3. The van der Waals surface area contributed by atoms with E-state index in [4.69, 9.17) is 4.74 Å². The molecular weight excluding hydrogens is 411 g/mol. The minimum Gasteiger partial charge on any atom is -0.496 e. The highest BCUT2D eigenvalue weighted by atomic mass is 19.4. The molecule has 1 aliphatic rings. The standard InChI is InChI=1S/C21H22F3N5O2/c1-31-17-7-3-2-6-15(17)16-13-26-29-10-8-18(27-20(16)29)25-12-14-5-4-9-28(14)19(30)11-21(22,23)24/h2-3,6-8,10,13-14H,4-5,9,11-12H2,1H3,(H,25,27). The van der Waals surface area contributed by atoms with Gasteiger partial charge in [0.2, 0.25) is 5.91 Å². The number of nitrogens with zero attached hydrogens (tertiary/aromatic N) is 4. The molecule has 1 aromatic carbocycles. The molecule has 10 heteroatoms. The molecule has 4 rings (SSSR count). The van der Waals surface area contributed by atoms with Gasteiger partial charge < -0.3 is 15.0 Å². The second-order valence-corrected chi connectivity index (χ2v) is 7.40. The third-order valence-electron chi connectivity index (χ3n) is 5.33. The van der Waals surface area contributed by atoms with Gasteiger partial charge in [-0.05, 0) is 25.0 Å². The molecule has 1 aliphatic heterocycles. The van der Waals surface area contributed by atoms with Crippen LogP contribution in [0.4, 0.5) is 19.0 Å². The molecule has 0 spiro atoms. The summed E-state index contributed by atoms with van der Waals surface area (Å²) in [7, 11) is 1.60. The number of amides is 1. The van der Waals surface area contributed by atoms with Gasteiger partial charge in [-0.2, -0.15) is 18.3 Å². The van der Waals surface area contributed by atoms with Crippen molar-refractivity contribution >= 4 is 17.4 Å². The lowest BCUT2D eigenvalue weighted by Crippen LogP contribution is -2.41. The van der Waals surface area contributed by atoms with E-state index in [0.717, 1.165) is 11.1 Å². The number of ether oxygens (including phenoxy) is 1. The average molecular weight is 433 g/mol. The fourth-order valence-corrected chi connectivity index (χ4v) is 3.90. The van der Waals surface area contributed by atoms with Gasteiger partial charge in [-0.15, -0.1) is 0 Å². The summed E-state index contributed by atoms with van der Waals surface area (Å²) in [5.41, 5.74) is 2.26. The summed E-state index contributed by atoms with van der Waals surface area (Å²) >= 11 is 0. The lowest BCUT2D eigenvalue weighted by molar-refractivity contribution is -0.161. The van der Waals surface area contributed by atoms with Gasteiger partial charge in [0.1, 0.15) is 18.0 Å². The number of benzene rings is 1. The molecule has 3 heterocycles. The number of likely N-dealkylation sites (tertiary alicyclic amines) is 1. The van der Waals surface area contributed by atoms with Crippen LogP contribution in [0.1, 0.15) is 19.3 Å². The maximum atomic E-state index is 12.6. The Hall–Kier alpha value is -3.30. The number of carbonyl (C=O) groups is 1. The predicted molar refractivity (Wildman–Crippen MR) is 109 cm³/mol. The SMILES string of the molecule is COc1ccccc1-c1cnn2ccc(NCC3CCCN3C(=O)CC(F)(F)F)nc12. The molecule has 164 valence electrons. The number of hydrogen-bond donors (Lipinski definition) is 1. The number of halogens is 3. The van der Waals surface area contributed by atoms with Crippen molar-refractivity contribution in [2.24, 2.45) is 0 Å². The second kappa shape index (κ2) is 8.44. The number of methoxy groups -OCH3 is 1. The van der Waals surface area contributed by atoms with Gasteiger partial charge >= 0.3 is 6.18 Å². The van der Waals surface area contributed by atoms with E-state index in [1.54, 1.807) is 30.1 Å². The number of nitrogens with one attached hydrogen (secondary N) is 1. The van der Waals surface area contributed by atoms with E-state index in [1.165, 1.54) is 4.90 Å². The van der Waals surface area contributed by atoms with Gasteiger partial charge in [0, 0.05) is 30.9 Å². The van der Waals surface area contributed by atoms with E-state index in [9.17, 15) is 18.0 Å². The first-order valence-corrected chi connectivity index (χ1v) is 9.93. The smallest absolute Gasteiger partial charge is 0.397 e. The Bertz CT molecular complexity index is 1080. The molecule has 0 radical (unpaired) electrons. The zero-order valence-electron chi connectivity index (χ0n) is 16.9. The normalized spacial score (nSPS) is 16.6. The number of hydrogen-bond acceptors (Lipinski definition) is 5. The van der Waals surface area contributed by atoms with E-state index in [-0.39, 0.29) is 6.04 Å². The summed E-state index contributed by atoms with van der Waals surface area (Å²) in [6.07, 6.45) is -1.13. The molecule has 1 atom stereocenters. The van der Waals surface area contributed by atoms with Crippen molar-refractivity contribution < 1.29 is 22.7 Å². The zero-order chi connectivity index (χ0) is 22.0. The van der Waals surface area contributed by atoms with Crippen molar-refractivity contribution in [3.05, 3.63) is 42.7 Å². The molecule has 3 aromatic rings. The van der Waals surface area contributed by atoms with E-state index in [1.807, 2.05) is 24.3 Å². The lowest BCUT2D eigenvalue weighted by Gasteiger charge is -2.25. The Labute approximate surface area is 176 Å². The maximum Gasteiger partial charge on any atom is 0.397 e. The van der Waals surface area contributed by atoms with E-state index >= 15 is 0 Å². The number of alkyl halides is 3. The molecule has 1 unspecified atom stereocenters. The number of fused-ring (bicyclic) bond motifs is 1. The van der Waals surface area contributed by atoms with E-state index in [2.05, 4.69) is 15.4 Å². The highest BCUT2D eigenvalue weighted by Crippen LogP contribution is 2.32. The summed E-state index contributed by atoms with van der Waals surface area (Å²) in [5, 5.41) is 7.49. The number of para-hydroxylation sites is 1. The van der Waals surface area contributed by atoms with Crippen molar-refractivity contribution in [3.63, 3.8) is 0 Å². The Kier molecular flexibility index (Phi) is 5.71. The largest absolute Gasteiger partial charge is 0.496 e. The first-order chi connectivity index (χ1) is 14.9. The van der Waals surface area contributed by atoms with Gasteiger partial charge in [0.05, 0.1) is 18.9 Å². The number of rotatable bonds is 6.